The Morgan fingerprint density at radius 3 is 2.39 bits per heavy atom. The van der Waals surface area contributed by atoms with Crippen molar-refractivity contribution in [3.8, 4) is 11.8 Å². The SMILES string of the molecule is COc1cc(NC(=O)c2ccc(C#N)cc2)ccc1S(N)(=O)=O. The molecule has 0 spiro atoms. The molecule has 2 rings (SSSR count). The Balaban J connectivity index is 2.26. The van der Waals surface area contributed by atoms with Gasteiger partial charge < -0.3 is 10.1 Å². The maximum Gasteiger partial charge on any atom is 0.255 e. The van der Waals surface area contributed by atoms with Crippen LogP contribution in [0.25, 0.3) is 0 Å². The van der Waals surface area contributed by atoms with Crippen molar-refractivity contribution in [2.45, 2.75) is 4.90 Å². The zero-order valence-electron chi connectivity index (χ0n) is 12.1. The Labute approximate surface area is 133 Å². The first-order chi connectivity index (χ1) is 10.8. The average molecular weight is 331 g/mol. The van der Waals surface area contributed by atoms with Gasteiger partial charge in [0.2, 0.25) is 10.0 Å². The van der Waals surface area contributed by atoms with E-state index in [0.29, 0.717) is 16.8 Å². The second kappa shape index (κ2) is 6.48. The highest BCUT2D eigenvalue weighted by molar-refractivity contribution is 7.89. The van der Waals surface area contributed by atoms with E-state index in [1.165, 1.54) is 49.6 Å². The monoisotopic (exact) mass is 331 g/mol. The maximum absolute atomic E-state index is 12.1. The van der Waals surface area contributed by atoms with Crippen LogP contribution in [-0.2, 0) is 10.0 Å². The van der Waals surface area contributed by atoms with Crippen molar-refractivity contribution >= 4 is 21.6 Å². The van der Waals surface area contributed by atoms with E-state index in [9.17, 15) is 13.2 Å². The summed E-state index contributed by atoms with van der Waals surface area (Å²) in [6, 6.07) is 12.1. The van der Waals surface area contributed by atoms with Crippen LogP contribution in [0.5, 0.6) is 5.75 Å². The van der Waals surface area contributed by atoms with E-state index >= 15 is 0 Å². The third kappa shape index (κ3) is 3.85. The molecule has 23 heavy (non-hydrogen) atoms. The van der Waals surface area contributed by atoms with E-state index in [1.54, 1.807) is 0 Å². The smallest absolute Gasteiger partial charge is 0.255 e. The Morgan fingerprint density at radius 2 is 1.87 bits per heavy atom. The molecule has 0 aliphatic rings. The number of hydrogen-bond donors (Lipinski definition) is 2. The van der Waals surface area contributed by atoms with Crippen LogP contribution in [0.1, 0.15) is 15.9 Å². The number of ether oxygens (including phenoxy) is 1. The predicted octanol–water partition coefficient (Wildman–Crippen LogP) is 1.47. The number of nitrogens with one attached hydrogen (secondary N) is 1. The molecule has 0 unspecified atom stereocenters. The number of nitriles is 1. The van der Waals surface area contributed by atoms with Gasteiger partial charge in [-0.1, -0.05) is 0 Å². The van der Waals surface area contributed by atoms with Crippen molar-refractivity contribution in [3.63, 3.8) is 0 Å². The van der Waals surface area contributed by atoms with Crippen LogP contribution in [-0.4, -0.2) is 21.4 Å². The summed E-state index contributed by atoms with van der Waals surface area (Å²) < 4.78 is 27.8. The zero-order valence-corrected chi connectivity index (χ0v) is 12.9. The highest BCUT2D eigenvalue weighted by Crippen LogP contribution is 2.26. The first-order valence-electron chi connectivity index (χ1n) is 6.37. The van der Waals surface area contributed by atoms with Gasteiger partial charge in [-0.05, 0) is 36.4 Å². The number of hydrogen-bond acceptors (Lipinski definition) is 5. The van der Waals surface area contributed by atoms with Crippen molar-refractivity contribution in [2.24, 2.45) is 5.14 Å². The summed E-state index contributed by atoms with van der Waals surface area (Å²) in [6.07, 6.45) is 0. The minimum absolute atomic E-state index is 0.0325. The normalized spacial score (nSPS) is 10.7. The molecular weight excluding hydrogens is 318 g/mol. The van der Waals surface area contributed by atoms with Crippen LogP contribution in [0.4, 0.5) is 5.69 Å². The Hall–Kier alpha value is -2.89. The van der Waals surface area contributed by atoms with Gasteiger partial charge in [0.1, 0.15) is 10.6 Å². The summed E-state index contributed by atoms with van der Waals surface area (Å²) in [7, 11) is -2.62. The molecule has 2 aromatic carbocycles. The first-order valence-corrected chi connectivity index (χ1v) is 7.92. The fraction of sp³-hybridized carbons (Fsp3) is 0.0667. The van der Waals surface area contributed by atoms with Crippen LogP contribution in [0.2, 0.25) is 0 Å². The highest BCUT2D eigenvalue weighted by atomic mass is 32.2. The lowest BCUT2D eigenvalue weighted by Gasteiger charge is -2.10. The van der Waals surface area contributed by atoms with E-state index in [4.69, 9.17) is 15.1 Å². The lowest BCUT2D eigenvalue weighted by molar-refractivity contribution is 0.102. The summed E-state index contributed by atoms with van der Waals surface area (Å²) in [4.78, 5) is 11.9. The molecule has 0 heterocycles. The van der Waals surface area contributed by atoms with Gasteiger partial charge in [-0.3, -0.25) is 4.79 Å². The lowest BCUT2D eigenvalue weighted by atomic mass is 10.1. The molecule has 2 aromatic rings. The summed E-state index contributed by atoms with van der Waals surface area (Å²) in [6.45, 7) is 0. The van der Waals surface area contributed by atoms with Crippen molar-refractivity contribution in [2.75, 3.05) is 12.4 Å². The number of anilines is 1. The number of amides is 1. The van der Waals surface area contributed by atoms with Gasteiger partial charge in [-0.2, -0.15) is 5.26 Å². The third-order valence-corrected chi connectivity index (χ3v) is 3.95. The molecule has 0 atom stereocenters. The predicted molar refractivity (Wildman–Crippen MR) is 83.5 cm³/mol. The van der Waals surface area contributed by atoms with Crippen LogP contribution < -0.4 is 15.2 Å². The Morgan fingerprint density at radius 1 is 1.22 bits per heavy atom. The standard InChI is InChI=1S/C15H13N3O4S/c1-22-13-8-12(6-7-14(13)23(17,20)21)18-15(19)11-4-2-10(9-16)3-5-11/h2-8H,1H3,(H,18,19)(H2,17,20,21). The summed E-state index contributed by atoms with van der Waals surface area (Å²) in [5, 5.41) is 16.4. The van der Waals surface area contributed by atoms with E-state index in [2.05, 4.69) is 5.32 Å². The molecule has 3 N–H and O–H groups in total. The van der Waals surface area contributed by atoms with Crippen LogP contribution in [0, 0.1) is 11.3 Å². The van der Waals surface area contributed by atoms with Crippen molar-refractivity contribution < 1.29 is 17.9 Å². The second-order valence-corrected chi connectivity index (χ2v) is 6.08. The lowest BCUT2D eigenvalue weighted by Crippen LogP contribution is -2.15. The molecule has 0 saturated heterocycles. The zero-order chi connectivity index (χ0) is 17.0. The summed E-state index contributed by atoms with van der Waals surface area (Å²) >= 11 is 0. The van der Waals surface area contributed by atoms with Crippen molar-refractivity contribution in [3.05, 3.63) is 53.6 Å². The number of nitrogens with two attached hydrogens (primary N) is 1. The van der Waals surface area contributed by atoms with Gasteiger partial charge in [0.15, 0.2) is 0 Å². The second-order valence-electron chi connectivity index (χ2n) is 4.55. The van der Waals surface area contributed by atoms with Gasteiger partial charge in [0.25, 0.3) is 5.91 Å². The number of rotatable bonds is 4. The largest absolute Gasteiger partial charge is 0.495 e. The molecule has 0 saturated carbocycles. The Kier molecular flexibility index (Phi) is 4.64. The van der Waals surface area contributed by atoms with Crippen molar-refractivity contribution in [1.82, 2.24) is 0 Å². The number of methoxy groups -OCH3 is 1. The van der Waals surface area contributed by atoms with Gasteiger partial charge in [0, 0.05) is 17.3 Å². The first kappa shape index (κ1) is 16.5. The molecule has 0 radical (unpaired) electrons. The van der Waals surface area contributed by atoms with Crippen LogP contribution in [0.3, 0.4) is 0 Å². The topological polar surface area (TPSA) is 122 Å². The van der Waals surface area contributed by atoms with E-state index in [-0.39, 0.29) is 10.6 Å². The van der Waals surface area contributed by atoms with Gasteiger partial charge in [-0.25, -0.2) is 13.6 Å². The molecule has 0 aliphatic carbocycles. The third-order valence-electron chi connectivity index (χ3n) is 3.00. The van der Waals surface area contributed by atoms with Gasteiger partial charge in [0.05, 0.1) is 18.7 Å². The number of carbonyl (C=O) groups is 1. The quantitative estimate of drug-likeness (QED) is 0.878. The number of nitrogens with zero attached hydrogens (tertiary/aromatic N) is 1. The summed E-state index contributed by atoms with van der Waals surface area (Å²) in [5.74, 6) is -0.370. The molecule has 1 amide bonds. The highest BCUT2D eigenvalue weighted by Gasteiger charge is 2.16. The van der Waals surface area contributed by atoms with Gasteiger partial charge in [-0.15, -0.1) is 0 Å². The molecule has 0 bridgehead atoms. The minimum atomic E-state index is -3.92. The molecule has 8 heteroatoms. The van der Waals surface area contributed by atoms with Crippen LogP contribution in [0.15, 0.2) is 47.4 Å². The fourth-order valence-corrected chi connectivity index (χ4v) is 2.56. The van der Waals surface area contributed by atoms with E-state index < -0.39 is 15.9 Å². The molecule has 7 nitrogen and oxygen atoms in total. The van der Waals surface area contributed by atoms with E-state index in [0.717, 1.165) is 0 Å². The number of primary sulfonamides is 1. The molecule has 0 fully saturated rings. The molecular formula is C15H13N3O4S. The summed E-state index contributed by atoms with van der Waals surface area (Å²) in [5.41, 5.74) is 1.16. The number of sulfonamides is 1. The Bertz CT molecular complexity index is 884. The average Bonchev–Trinajstić information content (AvgIpc) is 2.53. The number of carbonyl (C=O) groups excluding carboxylic acids is 1. The number of benzene rings is 2. The van der Waals surface area contributed by atoms with E-state index in [1.807, 2.05) is 6.07 Å². The molecule has 118 valence electrons. The molecule has 0 aliphatic heterocycles. The van der Waals surface area contributed by atoms with Crippen LogP contribution >= 0.6 is 0 Å². The maximum atomic E-state index is 12.1. The fourth-order valence-electron chi connectivity index (χ4n) is 1.88. The minimum Gasteiger partial charge on any atom is -0.495 e. The van der Waals surface area contributed by atoms with Gasteiger partial charge >= 0.3 is 0 Å². The van der Waals surface area contributed by atoms with Crippen molar-refractivity contribution in [1.29, 1.82) is 5.26 Å². The molecule has 0 aromatic heterocycles.